The minimum absolute atomic E-state index is 0.298. The number of phenolic OH excluding ortho intramolecular Hbond substituents is 1. The second-order valence-electron chi connectivity index (χ2n) is 4.52. The van der Waals surface area contributed by atoms with Crippen LogP contribution in [0.4, 0.5) is 0 Å². The molecular formula is C13H19NO2. The topological polar surface area (TPSA) is 55.5 Å². The molecule has 1 fully saturated rings. The van der Waals surface area contributed by atoms with Crippen LogP contribution in [0.3, 0.4) is 0 Å². The third kappa shape index (κ3) is 3.22. The smallest absolute Gasteiger partial charge is 0.115 e. The zero-order valence-electron chi connectivity index (χ0n) is 9.43. The monoisotopic (exact) mass is 221 g/mol. The highest BCUT2D eigenvalue weighted by Crippen LogP contribution is 2.21. The van der Waals surface area contributed by atoms with E-state index in [1.807, 2.05) is 12.1 Å². The Hall–Kier alpha value is -1.06. The van der Waals surface area contributed by atoms with Crippen molar-refractivity contribution in [3.8, 4) is 5.75 Å². The summed E-state index contributed by atoms with van der Waals surface area (Å²) >= 11 is 0. The molecule has 3 nitrogen and oxygen atoms in total. The fourth-order valence-electron chi connectivity index (χ4n) is 2.12. The Labute approximate surface area is 96.2 Å². The van der Waals surface area contributed by atoms with Crippen LogP contribution in [0, 0.1) is 0 Å². The van der Waals surface area contributed by atoms with Crippen LogP contribution in [-0.2, 0) is 11.3 Å². The van der Waals surface area contributed by atoms with Gasteiger partial charge >= 0.3 is 0 Å². The van der Waals surface area contributed by atoms with E-state index in [4.69, 9.17) is 10.5 Å². The van der Waals surface area contributed by atoms with E-state index in [-0.39, 0.29) is 0 Å². The van der Waals surface area contributed by atoms with Crippen LogP contribution >= 0.6 is 0 Å². The van der Waals surface area contributed by atoms with Gasteiger partial charge in [-0.2, -0.15) is 0 Å². The second-order valence-corrected chi connectivity index (χ2v) is 4.52. The van der Waals surface area contributed by atoms with Crippen molar-refractivity contribution in [2.45, 2.75) is 44.4 Å². The molecule has 2 rings (SSSR count). The highest BCUT2D eigenvalue weighted by molar-refractivity contribution is 5.26. The maximum absolute atomic E-state index is 9.31. The third-order valence-electron chi connectivity index (χ3n) is 3.12. The molecule has 1 aliphatic rings. The van der Waals surface area contributed by atoms with E-state index in [1.165, 1.54) is 0 Å². The van der Waals surface area contributed by atoms with Gasteiger partial charge in [0.25, 0.3) is 0 Å². The van der Waals surface area contributed by atoms with Gasteiger partial charge in [0.15, 0.2) is 0 Å². The zero-order valence-corrected chi connectivity index (χ0v) is 9.43. The summed E-state index contributed by atoms with van der Waals surface area (Å²) in [6, 6.07) is 7.58. The first kappa shape index (κ1) is 11.4. The first-order valence-electron chi connectivity index (χ1n) is 5.89. The lowest BCUT2D eigenvalue weighted by molar-refractivity contribution is 0.0137. The lowest BCUT2D eigenvalue weighted by Gasteiger charge is -2.26. The number of nitrogens with two attached hydrogens (primary N) is 1. The van der Waals surface area contributed by atoms with Gasteiger partial charge in [0.1, 0.15) is 5.75 Å². The lowest BCUT2D eigenvalue weighted by Crippen LogP contribution is -2.30. The van der Waals surface area contributed by atoms with E-state index in [0.29, 0.717) is 24.5 Å². The molecule has 0 radical (unpaired) electrons. The number of aromatic hydroxyl groups is 1. The fraction of sp³-hybridized carbons (Fsp3) is 0.538. The fourth-order valence-corrected chi connectivity index (χ4v) is 2.12. The molecular weight excluding hydrogens is 202 g/mol. The lowest BCUT2D eigenvalue weighted by atomic mass is 9.94. The van der Waals surface area contributed by atoms with Crippen LogP contribution in [0.1, 0.15) is 31.2 Å². The van der Waals surface area contributed by atoms with E-state index in [1.54, 1.807) is 12.1 Å². The standard InChI is InChI=1S/C13H19NO2/c14-11-4-6-13(7-5-11)16-9-10-2-1-3-12(15)8-10/h1-3,8,11,13,15H,4-7,9,14H2. The van der Waals surface area contributed by atoms with Gasteiger partial charge < -0.3 is 15.6 Å². The van der Waals surface area contributed by atoms with Gasteiger partial charge in [-0.3, -0.25) is 0 Å². The molecule has 0 bridgehead atoms. The van der Waals surface area contributed by atoms with Crippen LogP contribution in [0.5, 0.6) is 5.75 Å². The molecule has 3 N–H and O–H groups in total. The molecule has 0 spiro atoms. The zero-order chi connectivity index (χ0) is 11.4. The van der Waals surface area contributed by atoms with Gasteiger partial charge in [-0.25, -0.2) is 0 Å². The number of hydrogen-bond acceptors (Lipinski definition) is 3. The van der Waals surface area contributed by atoms with Crippen molar-refractivity contribution < 1.29 is 9.84 Å². The second kappa shape index (κ2) is 5.32. The molecule has 88 valence electrons. The van der Waals surface area contributed by atoms with Crippen LogP contribution in [0.25, 0.3) is 0 Å². The number of rotatable bonds is 3. The molecule has 0 heterocycles. The summed E-state index contributed by atoms with van der Waals surface area (Å²) in [5.41, 5.74) is 6.86. The van der Waals surface area contributed by atoms with Gasteiger partial charge in [-0.05, 0) is 43.4 Å². The van der Waals surface area contributed by atoms with Gasteiger partial charge in [-0.1, -0.05) is 12.1 Å². The highest BCUT2D eigenvalue weighted by atomic mass is 16.5. The SMILES string of the molecule is NC1CCC(OCc2cccc(O)c2)CC1. The molecule has 0 aliphatic heterocycles. The predicted octanol–water partition coefficient (Wildman–Crippen LogP) is 2.18. The maximum atomic E-state index is 9.31. The number of ether oxygens (including phenoxy) is 1. The minimum atomic E-state index is 0.298. The van der Waals surface area contributed by atoms with Gasteiger partial charge in [0.2, 0.25) is 0 Å². The molecule has 0 aromatic heterocycles. The van der Waals surface area contributed by atoms with Gasteiger partial charge in [0.05, 0.1) is 12.7 Å². The largest absolute Gasteiger partial charge is 0.508 e. The summed E-state index contributed by atoms with van der Waals surface area (Å²) in [5, 5.41) is 9.31. The Balaban J connectivity index is 1.79. The van der Waals surface area contributed by atoms with Crippen LogP contribution < -0.4 is 5.73 Å². The quantitative estimate of drug-likeness (QED) is 0.822. The number of hydrogen-bond donors (Lipinski definition) is 2. The van der Waals surface area contributed by atoms with Crippen molar-refractivity contribution in [3.05, 3.63) is 29.8 Å². The predicted molar refractivity (Wildman–Crippen MR) is 63.1 cm³/mol. The minimum Gasteiger partial charge on any atom is -0.508 e. The molecule has 1 saturated carbocycles. The molecule has 1 aliphatic carbocycles. The van der Waals surface area contributed by atoms with Crippen LogP contribution in [-0.4, -0.2) is 17.3 Å². The highest BCUT2D eigenvalue weighted by Gasteiger charge is 2.18. The Kier molecular flexibility index (Phi) is 3.80. The summed E-state index contributed by atoms with van der Waals surface area (Å²) in [6.07, 6.45) is 4.57. The van der Waals surface area contributed by atoms with Crippen molar-refractivity contribution in [1.82, 2.24) is 0 Å². The Morgan fingerprint density at radius 1 is 1.25 bits per heavy atom. The van der Waals surface area contributed by atoms with Crippen molar-refractivity contribution >= 4 is 0 Å². The molecule has 0 unspecified atom stereocenters. The Morgan fingerprint density at radius 2 is 2.00 bits per heavy atom. The Bertz CT molecular complexity index is 332. The average Bonchev–Trinajstić information content (AvgIpc) is 2.28. The molecule has 16 heavy (non-hydrogen) atoms. The molecule has 3 heteroatoms. The van der Waals surface area contributed by atoms with E-state index < -0.39 is 0 Å². The van der Waals surface area contributed by atoms with E-state index >= 15 is 0 Å². The van der Waals surface area contributed by atoms with Crippen molar-refractivity contribution in [2.24, 2.45) is 5.73 Å². The molecule has 0 atom stereocenters. The van der Waals surface area contributed by atoms with Crippen LogP contribution in [0.15, 0.2) is 24.3 Å². The normalized spacial score (nSPS) is 25.6. The summed E-state index contributed by atoms with van der Waals surface area (Å²) in [6.45, 7) is 0.578. The first-order chi connectivity index (χ1) is 7.74. The third-order valence-corrected chi connectivity index (χ3v) is 3.12. The molecule has 0 saturated heterocycles. The van der Waals surface area contributed by atoms with Crippen molar-refractivity contribution in [2.75, 3.05) is 0 Å². The summed E-state index contributed by atoms with van der Waals surface area (Å²) in [5.74, 6) is 0.298. The molecule has 1 aromatic carbocycles. The van der Waals surface area contributed by atoms with Crippen molar-refractivity contribution in [3.63, 3.8) is 0 Å². The first-order valence-corrected chi connectivity index (χ1v) is 5.89. The summed E-state index contributed by atoms with van der Waals surface area (Å²) < 4.78 is 5.81. The maximum Gasteiger partial charge on any atom is 0.115 e. The summed E-state index contributed by atoms with van der Waals surface area (Å²) in [4.78, 5) is 0. The number of benzene rings is 1. The number of phenols is 1. The molecule has 1 aromatic rings. The summed E-state index contributed by atoms with van der Waals surface area (Å²) in [7, 11) is 0. The Morgan fingerprint density at radius 3 is 2.69 bits per heavy atom. The van der Waals surface area contributed by atoms with Crippen molar-refractivity contribution in [1.29, 1.82) is 0 Å². The van der Waals surface area contributed by atoms with E-state index in [9.17, 15) is 5.11 Å². The van der Waals surface area contributed by atoms with E-state index in [2.05, 4.69) is 0 Å². The van der Waals surface area contributed by atoms with Gasteiger partial charge in [0, 0.05) is 6.04 Å². The van der Waals surface area contributed by atoms with E-state index in [0.717, 1.165) is 31.2 Å². The molecule has 0 amide bonds. The van der Waals surface area contributed by atoms with Gasteiger partial charge in [-0.15, -0.1) is 0 Å². The van der Waals surface area contributed by atoms with Crippen LogP contribution in [0.2, 0.25) is 0 Å². The average molecular weight is 221 g/mol.